The number of halogens is 3. The van der Waals surface area contributed by atoms with Crippen molar-refractivity contribution < 1.29 is 4.92 Å². The van der Waals surface area contributed by atoms with Crippen LogP contribution in [0.4, 0.5) is 5.95 Å². The van der Waals surface area contributed by atoms with E-state index < -0.39 is 10.9 Å². The summed E-state index contributed by atoms with van der Waals surface area (Å²) >= 11 is 16.2. The Hall–Kier alpha value is -0.650. The van der Waals surface area contributed by atoms with Crippen LogP contribution in [0.15, 0.2) is 0 Å². The van der Waals surface area contributed by atoms with Gasteiger partial charge in [-0.2, -0.15) is 0 Å². The van der Waals surface area contributed by atoms with Crippen molar-refractivity contribution in [1.82, 2.24) is 9.97 Å². The highest BCUT2D eigenvalue weighted by molar-refractivity contribution is 6.46. The lowest BCUT2D eigenvalue weighted by Gasteiger charge is -1.93. The normalized spacial score (nSPS) is 9.92. The highest BCUT2D eigenvalue weighted by Crippen LogP contribution is 2.27. The third-order valence-corrected chi connectivity index (χ3v) is 2.02. The number of aromatic nitrogens is 2. The lowest BCUT2D eigenvalue weighted by Crippen LogP contribution is -1.96. The molecule has 0 aliphatic carbocycles. The second-order valence-corrected chi connectivity index (χ2v) is 2.77. The van der Waals surface area contributed by atoms with Crippen LogP contribution in [0.1, 0.15) is 0 Å². The summed E-state index contributed by atoms with van der Waals surface area (Å²) in [6.07, 6.45) is 0. The number of rotatable bonds is 1. The Morgan fingerprint density at radius 1 is 1.17 bits per heavy atom. The number of hydrogen-bond acceptors (Lipinski definition) is 4. The van der Waals surface area contributed by atoms with Gasteiger partial charge < -0.3 is 10.1 Å². The van der Waals surface area contributed by atoms with Crippen molar-refractivity contribution >= 4 is 40.8 Å². The zero-order valence-electron chi connectivity index (χ0n) is 5.29. The van der Waals surface area contributed by atoms with Crippen LogP contribution in [0.5, 0.6) is 0 Å². The summed E-state index contributed by atoms with van der Waals surface area (Å²) in [4.78, 5) is 15.9. The van der Waals surface area contributed by atoms with Crippen LogP contribution in [-0.4, -0.2) is 14.9 Å². The largest absolute Gasteiger partial charge is 0.471 e. The van der Waals surface area contributed by atoms with E-state index in [-0.39, 0.29) is 15.3 Å². The summed E-state index contributed by atoms with van der Waals surface area (Å²) in [5.41, 5.74) is 0. The maximum Gasteiger partial charge on any atom is 0.471 e. The molecule has 1 aromatic rings. The monoisotopic (exact) mass is 227 g/mol. The minimum Gasteiger partial charge on any atom is -0.390 e. The minimum absolute atomic E-state index is 0.0936. The maximum absolute atomic E-state index is 10.1. The number of nitro groups is 1. The Bertz CT molecular complexity index is 319. The Morgan fingerprint density at radius 3 is 1.92 bits per heavy atom. The molecule has 0 bridgehead atoms. The first-order valence-corrected chi connectivity index (χ1v) is 3.68. The minimum atomic E-state index is -0.811. The molecule has 0 spiro atoms. The van der Waals surface area contributed by atoms with E-state index in [4.69, 9.17) is 34.8 Å². The smallest absolute Gasteiger partial charge is 0.390 e. The van der Waals surface area contributed by atoms with Crippen molar-refractivity contribution in [3.05, 3.63) is 25.4 Å². The Kier molecular flexibility index (Phi) is 2.66. The van der Waals surface area contributed by atoms with Crippen LogP contribution in [0.3, 0.4) is 0 Å². The molecule has 0 unspecified atom stereocenters. The van der Waals surface area contributed by atoms with Crippen LogP contribution in [0.2, 0.25) is 15.3 Å². The van der Waals surface area contributed by atoms with Crippen LogP contribution in [0.25, 0.3) is 0 Å². The molecule has 0 radical (unpaired) electrons. The third kappa shape index (κ3) is 1.74. The molecule has 5 nitrogen and oxygen atoms in total. The SMILES string of the molecule is O=[N+]([O-])c1nc(Cl)c(Cl)c(Cl)n1. The van der Waals surface area contributed by atoms with Crippen LogP contribution >= 0.6 is 34.8 Å². The molecule has 0 fully saturated rings. The third-order valence-electron chi connectivity index (χ3n) is 0.922. The fourth-order valence-corrected chi connectivity index (χ4v) is 0.929. The Balaban J connectivity index is 3.31. The van der Waals surface area contributed by atoms with Crippen molar-refractivity contribution in [3.63, 3.8) is 0 Å². The van der Waals surface area contributed by atoms with Crippen molar-refractivity contribution in [3.8, 4) is 0 Å². The van der Waals surface area contributed by atoms with E-state index in [0.29, 0.717) is 0 Å². The van der Waals surface area contributed by atoms with Gasteiger partial charge in [-0.3, -0.25) is 0 Å². The summed E-state index contributed by atoms with van der Waals surface area (Å²) in [7, 11) is 0. The first kappa shape index (κ1) is 9.44. The molecule has 0 aliphatic rings. The molecule has 1 heterocycles. The Labute approximate surface area is 81.4 Å². The Morgan fingerprint density at radius 2 is 1.58 bits per heavy atom. The average Bonchev–Trinajstić information content (AvgIpc) is 1.99. The molecular weight excluding hydrogens is 228 g/mol. The molecule has 1 rings (SSSR count). The van der Waals surface area contributed by atoms with E-state index in [9.17, 15) is 10.1 Å². The summed E-state index contributed by atoms with van der Waals surface area (Å²) in [5.74, 6) is -0.672. The first-order chi connectivity index (χ1) is 5.52. The summed E-state index contributed by atoms with van der Waals surface area (Å²) in [6.45, 7) is 0. The van der Waals surface area contributed by atoms with Gasteiger partial charge in [0.1, 0.15) is 5.02 Å². The maximum atomic E-state index is 10.1. The van der Waals surface area contributed by atoms with Crippen LogP contribution in [0, 0.1) is 10.1 Å². The predicted molar refractivity (Wildman–Crippen MR) is 43.7 cm³/mol. The van der Waals surface area contributed by atoms with Gasteiger partial charge in [0.05, 0.1) is 0 Å². The van der Waals surface area contributed by atoms with Gasteiger partial charge in [0, 0.05) is 0 Å². The van der Waals surface area contributed by atoms with E-state index in [1.165, 1.54) is 0 Å². The van der Waals surface area contributed by atoms with Gasteiger partial charge in [0.2, 0.25) is 10.3 Å². The molecule has 0 atom stereocenters. The van der Waals surface area contributed by atoms with Crippen molar-refractivity contribution in [2.45, 2.75) is 0 Å². The molecule has 0 N–H and O–H groups in total. The van der Waals surface area contributed by atoms with Crippen molar-refractivity contribution in [2.75, 3.05) is 0 Å². The lowest BCUT2D eigenvalue weighted by atomic mass is 10.6. The summed E-state index contributed by atoms with van der Waals surface area (Å²) in [5, 5.41) is 9.58. The second-order valence-electron chi connectivity index (χ2n) is 1.68. The second kappa shape index (κ2) is 3.38. The van der Waals surface area contributed by atoms with Gasteiger partial charge in [0.25, 0.3) is 0 Å². The van der Waals surface area contributed by atoms with E-state index in [2.05, 4.69) is 9.97 Å². The molecule has 0 saturated carbocycles. The predicted octanol–water partition coefficient (Wildman–Crippen LogP) is 2.34. The van der Waals surface area contributed by atoms with Gasteiger partial charge >= 0.3 is 5.95 Å². The van der Waals surface area contributed by atoms with Gasteiger partial charge in [0.15, 0.2) is 0 Å². The molecule has 1 aromatic heterocycles. The molecular formula is C4Cl3N3O2. The van der Waals surface area contributed by atoms with Crippen LogP contribution in [-0.2, 0) is 0 Å². The zero-order chi connectivity index (χ0) is 9.30. The summed E-state index contributed by atoms with van der Waals surface area (Å²) in [6, 6.07) is 0. The molecule has 0 amide bonds. The molecule has 8 heteroatoms. The number of hydrogen-bond donors (Lipinski definition) is 0. The average molecular weight is 228 g/mol. The van der Waals surface area contributed by atoms with E-state index in [1.54, 1.807) is 0 Å². The van der Waals surface area contributed by atoms with Gasteiger partial charge in [-0.1, -0.05) is 21.6 Å². The first-order valence-electron chi connectivity index (χ1n) is 2.55. The summed E-state index contributed by atoms with van der Waals surface area (Å²) < 4.78 is 0. The molecule has 0 saturated heterocycles. The quantitative estimate of drug-likeness (QED) is 0.420. The molecule has 0 aliphatic heterocycles. The number of nitrogens with zero attached hydrogens (tertiary/aromatic N) is 3. The highest BCUT2D eigenvalue weighted by atomic mass is 35.5. The lowest BCUT2D eigenvalue weighted by molar-refractivity contribution is -0.394. The van der Waals surface area contributed by atoms with E-state index in [1.807, 2.05) is 0 Å². The van der Waals surface area contributed by atoms with E-state index >= 15 is 0 Å². The van der Waals surface area contributed by atoms with Crippen molar-refractivity contribution in [1.29, 1.82) is 0 Å². The molecule has 64 valence electrons. The fraction of sp³-hybridized carbons (Fsp3) is 0. The molecule has 12 heavy (non-hydrogen) atoms. The zero-order valence-corrected chi connectivity index (χ0v) is 7.56. The van der Waals surface area contributed by atoms with Crippen molar-refractivity contribution in [2.24, 2.45) is 0 Å². The topological polar surface area (TPSA) is 68.9 Å². The highest BCUT2D eigenvalue weighted by Gasteiger charge is 2.19. The standard InChI is InChI=1S/C4Cl3N3O2/c5-1-2(6)8-4(10(11)12)9-3(1)7. The molecule has 0 aromatic carbocycles. The van der Waals surface area contributed by atoms with Gasteiger partial charge in [-0.15, -0.1) is 0 Å². The van der Waals surface area contributed by atoms with Gasteiger partial charge in [-0.05, 0) is 28.1 Å². The van der Waals surface area contributed by atoms with Gasteiger partial charge in [-0.25, -0.2) is 0 Å². The van der Waals surface area contributed by atoms with Crippen LogP contribution < -0.4 is 0 Å². The van der Waals surface area contributed by atoms with E-state index in [0.717, 1.165) is 0 Å². The fourth-order valence-electron chi connectivity index (χ4n) is 0.466.